The van der Waals surface area contributed by atoms with Crippen LogP contribution in [0.25, 0.3) is 0 Å². The summed E-state index contributed by atoms with van der Waals surface area (Å²) in [6, 6.07) is -0.254. The predicted octanol–water partition coefficient (Wildman–Crippen LogP) is 1.38. The Bertz CT molecular complexity index is 651. The lowest BCUT2D eigenvalue weighted by molar-refractivity contribution is -0.133. The number of hydrogen-bond acceptors (Lipinski definition) is 5. The Labute approximate surface area is 149 Å². The van der Waals surface area contributed by atoms with Crippen molar-refractivity contribution in [2.75, 3.05) is 11.5 Å². The first-order valence-corrected chi connectivity index (χ1v) is 11.2. The monoisotopic (exact) mass is 369 g/mol. The Morgan fingerprint density at radius 3 is 2.36 bits per heavy atom. The number of nitrogens with one attached hydrogen (secondary N) is 1. The molecular formula is C17H27N3O4S. The van der Waals surface area contributed by atoms with Crippen LogP contribution in [0.15, 0.2) is 5.10 Å². The van der Waals surface area contributed by atoms with Crippen molar-refractivity contribution >= 4 is 27.4 Å². The Morgan fingerprint density at radius 1 is 1.04 bits per heavy atom. The van der Waals surface area contributed by atoms with E-state index >= 15 is 0 Å². The SMILES string of the molecule is O=C(NC1CCCCCCC1)C1=NN([C@H]2CCS(=O)(=O)C2)C(=O)CC1. The third-order valence-electron chi connectivity index (χ3n) is 5.32. The van der Waals surface area contributed by atoms with Crippen LogP contribution in [0.4, 0.5) is 0 Å². The van der Waals surface area contributed by atoms with Gasteiger partial charge >= 0.3 is 0 Å². The van der Waals surface area contributed by atoms with Crippen LogP contribution in [-0.4, -0.2) is 54.5 Å². The lowest BCUT2D eigenvalue weighted by atomic mass is 9.96. The summed E-state index contributed by atoms with van der Waals surface area (Å²) in [6.07, 6.45) is 8.87. The molecule has 0 unspecified atom stereocenters. The molecule has 3 aliphatic rings. The van der Waals surface area contributed by atoms with Crippen molar-refractivity contribution in [2.45, 2.75) is 76.3 Å². The molecule has 0 bridgehead atoms. The minimum absolute atomic E-state index is 0.0558. The predicted molar refractivity (Wildman–Crippen MR) is 94.8 cm³/mol. The summed E-state index contributed by atoms with van der Waals surface area (Å²) in [5.41, 5.74) is 0.353. The number of carbonyl (C=O) groups excluding carboxylic acids is 2. The van der Waals surface area contributed by atoms with Gasteiger partial charge in [-0.05, 0) is 19.3 Å². The summed E-state index contributed by atoms with van der Waals surface area (Å²) in [4.78, 5) is 24.7. The van der Waals surface area contributed by atoms with Crippen LogP contribution in [0.2, 0.25) is 0 Å². The first-order chi connectivity index (χ1) is 11.9. The van der Waals surface area contributed by atoms with Gasteiger partial charge in [0.15, 0.2) is 9.84 Å². The highest BCUT2D eigenvalue weighted by molar-refractivity contribution is 7.91. The smallest absolute Gasteiger partial charge is 0.267 e. The first-order valence-electron chi connectivity index (χ1n) is 9.35. The minimum atomic E-state index is -3.10. The Morgan fingerprint density at radius 2 is 1.72 bits per heavy atom. The van der Waals surface area contributed by atoms with Gasteiger partial charge in [-0.3, -0.25) is 9.59 Å². The van der Waals surface area contributed by atoms with Crippen molar-refractivity contribution in [3.05, 3.63) is 0 Å². The second-order valence-electron chi connectivity index (χ2n) is 7.36. The molecule has 140 valence electrons. The highest BCUT2D eigenvalue weighted by atomic mass is 32.2. The zero-order valence-electron chi connectivity index (χ0n) is 14.6. The molecule has 3 rings (SSSR count). The minimum Gasteiger partial charge on any atom is -0.348 e. The molecule has 2 heterocycles. The molecule has 0 aromatic heterocycles. The van der Waals surface area contributed by atoms with Gasteiger partial charge in [-0.15, -0.1) is 0 Å². The summed E-state index contributed by atoms with van der Waals surface area (Å²) in [5, 5.41) is 8.57. The Kier molecular flexibility index (Phi) is 5.76. The molecule has 2 amide bonds. The summed E-state index contributed by atoms with van der Waals surface area (Å²) >= 11 is 0. The van der Waals surface area contributed by atoms with Gasteiger partial charge in [0, 0.05) is 18.9 Å². The van der Waals surface area contributed by atoms with Crippen LogP contribution in [0.5, 0.6) is 0 Å². The highest BCUT2D eigenvalue weighted by Crippen LogP contribution is 2.22. The number of carbonyl (C=O) groups is 2. The maximum Gasteiger partial charge on any atom is 0.267 e. The van der Waals surface area contributed by atoms with E-state index in [0.717, 1.165) is 25.7 Å². The summed E-state index contributed by atoms with van der Waals surface area (Å²) in [6.45, 7) is 0. The third kappa shape index (κ3) is 4.80. The molecule has 1 N–H and O–H groups in total. The molecule has 1 atom stereocenters. The molecule has 1 aliphatic carbocycles. The fraction of sp³-hybridized carbons (Fsp3) is 0.824. The second-order valence-corrected chi connectivity index (χ2v) is 9.59. The number of sulfone groups is 1. The quantitative estimate of drug-likeness (QED) is 0.813. The van der Waals surface area contributed by atoms with Gasteiger partial charge in [-0.25, -0.2) is 13.4 Å². The summed E-state index contributed by atoms with van der Waals surface area (Å²) < 4.78 is 23.3. The lowest BCUT2D eigenvalue weighted by Gasteiger charge is -2.28. The molecule has 2 aliphatic heterocycles. The van der Waals surface area contributed by atoms with Gasteiger partial charge in [0.2, 0.25) is 5.91 Å². The average molecular weight is 369 g/mol. The van der Waals surface area contributed by atoms with E-state index in [4.69, 9.17) is 0 Å². The number of amides is 2. The number of hydrazone groups is 1. The van der Waals surface area contributed by atoms with Crippen LogP contribution in [0, 0.1) is 0 Å². The van der Waals surface area contributed by atoms with Crippen molar-refractivity contribution in [1.29, 1.82) is 0 Å². The fourth-order valence-corrected chi connectivity index (χ4v) is 5.55. The normalized spacial score (nSPS) is 28.2. The molecule has 2 fully saturated rings. The molecule has 25 heavy (non-hydrogen) atoms. The van der Waals surface area contributed by atoms with Crippen molar-refractivity contribution < 1.29 is 18.0 Å². The van der Waals surface area contributed by atoms with Crippen molar-refractivity contribution in [3.63, 3.8) is 0 Å². The van der Waals surface area contributed by atoms with E-state index in [1.165, 1.54) is 24.3 Å². The zero-order valence-corrected chi connectivity index (χ0v) is 15.4. The van der Waals surface area contributed by atoms with E-state index in [2.05, 4.69) is 10.4 Å². The summed E-state index contributed by atoms with van der Waals surface area (Å²) in [5.74, 6) is -0.367. The molecule has 0 spiro atoms. The Hall–Kier alpha value is -1.44. The van der Waals surface area contributed by atoms with Crippen LogP contribution in [0.1, 0.15) is 64.2 Å². The van der Waals surface area contributed by atoms with Crippen LogP contribution < -0.4 is 5.32 Å². The van der Waals surface area contributed by atoms with E-state index in [-0.39, 0.29) is 35.8 Å². The van der Waals surface area contributed by atoms with E-state index in [9.17, 15) is 18.0 Å². The largest absolute Gasteiger partial charge is 0.348 e. The standard InChI is InChI=1S/C17H27N3O4S/c21-16-9-8-15(19-20(16)14-10-11-25(23,24)12-14)17(22)18-13-6-4-2-1-3-5-7-13/h13-14H,1-12H2,(H,18,22)/t14-/m0/s1. The van der Waals surface area contributed by atoms with Gasteiger partial charge in [-0.2, -0.15) is 5.10 Å². The van der Waals surface area contributed by atoms with E-state index in [0.29, 0.717) is 18.6 Å². The van der Waals surface area contributed by atoms with Crippen LogP contribution in [-0.2, 0) is 19.4 Å². The Balaban J connectivity index is 1.65. The molecular weight excluding hydrogens is 342 g/mol. The second kappa shape index (κ2) is 7.85. The maximum atomic E-state index is 12.6. The molecule has 0 aromatic carbocycles. The van der Waals surface area contributed by atoms with Crippen LogP contribution in [0.3, 0.4) is 0 Å². The van der Waals surface area contributed by atoms with Crippen molar-refractivity contribution in [3.8, 4) is 0 Å². The van der Waals surface area contributed by atoms with Gasteiger partial charge in [0.05, 0.1) is 17.5 Å². The van der Waals surface area contributed by atoms with E-state index < -0.39 is 15.9 Å². The fourth-order valence-electron chi connectivity index (χ4n) is 3.86. The third-order valence-corrected chi connectivity index (χ3v) is 7.07. The van der Waals surface area contributed by atoms with Crippen molar-refractivity contribution in [1.82, 2.24) is 10.3 Å². The summed E-state index contributed by atoms with van der Waals surface area (Å²) in [7, 11) is -3.10. The maximum absolute atomic E-state index is 12.6. The number of rotatable bonds is 3. The molecule has 1 saturated carbocycles. The van der Waals surface area contributed by atoms with Gasteiger partial charge in [0.25, 0.3) is 5.91 Å². The first kappa shape index (κ1) is 18.4. The van der Waals surface area contributed by atoms with Gasteiger partial charge in [-0.1, -0.05) is 32.1 Å². The average Bonchev–Trinajstić information content (AvgIpc) is 2.90. The molecule has 8 heteroatoms. The molecule has 0 aromatic rings. The van der Waals surface area contributed by atoms with Crippen molar-refractivity contribution in [2.24, 2.45) is 5.10 Å². The lowest BCUT2D eigenvalue weighted by Crippen LogP contribution is -2.46. The van der Waals surface area contributed by atoms with E-state index in [1.807, 2.05) is 0 Å². The molecule has 7 nitrogen and oxygen atoms in total. The number of hydrogen-bond donors (Lipinski definition) is 1. The van der Waals surface area contributed by atoms with Crippen LogP contribution >= 0.6 is 0 Å². The zero-order chi connectivity index (χ0) is 17.9. The highest BCUT2D eigenvalue weighted by Gasteiger charge is 2.37. The molecule has 0 radical (unpaired) electrons. The molecule has 1 saturated heterocycles. The van der Waals surface area contributed by atoms with Gasteiger partial charge < -0.3 is 5.32 Å². The van der Waals surface area contributed by atoms with Gasteiger partial charge in [0.1, 0.15) is 5.71 Å². The van der Waals surface area contributed by atoms with E-state index in [1.54, 1.807) is 0 Å². The topological polar surface area (TPSA) is 95.9 Å². The number of nitrogens with zero attached hydrogens (tertiary/aromatic N) is 2.